The highest BCUT2D eigenvalue weighted by atomic mass is 35.5. The van der Waals surface area contributed by atoms with Crippen LogP contribution >= 0.6 is 11.6 Å². The van der Waals surface area contributed by atoms with Gasteiger partial charge >= 0.3 is 12.0 Å². The van der Waals surface area contributed by atoms with Crippen molar-refractivity contribution in [3.8, 4) is 5.75 Å². The maximum absolute atomic E-state index is 14.8. The Bertz CT molecular complexity index is 1030. The molecular formula is C22H22ClF2N3O5. The fourth-order valence-corrected chi connectivity index (χ4v) is 3.78. The second-order valence-electron chi connectivity index (χ2n) is 7.38. The molecule has 2 atom stereocenters. The lowest BCUT2D eigenvalue weighted by Crippen LogP contribution is -2.55. The van der Waals surface area contributed by atoms with E-state index in [4.69, 9.17) is 16.3 Å². The normalized spacial score (nSPS) is 18.0. The van der Waals surface area contributed by atoms with E-state index in [0.29, 0.717) is 10.7 Å². The molecule has 11 heteroatoms. The van der Waals surface area contributed by atoms with Crippen LogP contribution in [0.25, 0.3) is 0 Å². The van der Waals surface area contributed by atoms with Crippen molar-refractivity contribution in [3.05, 3.63) is 58.6 Å². The van der Waals surface area contributed by atoms with E-state index in [1.54, 1.807) is 24.3 Å². The number of likely N-dealkylation sites (tertiary alicyclic amines) is 1. The van der Waals surface area contributed by atoms with Crippen molar-refractivity contribution >= 4 is 35.2 Å². The highest BCUT2D eigenvalue weighted by Gasteiger charge is 2.39. The van der Waals surface area contributed by atoms with Crippen LogP contribution in [0, 0.1) is 11.6 Å². The van der Waals surface area contributed by atoms with Crippen LogP contribution in [-0.4, -0.2) is 56.2 Å². The van der Waals surface area contributed by atoms with Gasteiger partial charge in [0.25, 0.3) is 0 Å². The summed E-state index contributed by atoms with van der Waals surface area (Å²) < 4.78 is 39.1. The number of urea groups is 1. The summed E-state index contributed by atoms with van der Waals surface area (Å²) in [5, 5.41) is 5.75. The first-order valence-corrected chi connectivity index (χ1v) is 10.3. The number of carbonyl (C=O) groups is 3. The SMILES string of the molecule is COC(=O)CN1CC(NC(=O)Nc2ccc(Cl)cc2)C(c2c(F)cc(OC)cc2F)CC1=O. The maximum Gasteiger partial charge on any atom is 0.325 e. The second-order valence-corrected chi connectivity index (χ2v) is 7.81. The molecule has 0 bridgehead atoms. The zero-order chi connectivity index (χ0) is 24.1. The molecule has 2 N–H and O–H groups in total. The van der Waals surface area contributed by atoms with E-state index in [-0.39, 0.29) is 30.8 Å². The third kappa shape index (κ3) is 5.89. The minimum atomic E-state index is -1.02. The summed E-state index contributed by atoms with van der Waals surface area (Å²) in [6.07, 6.45) is -0.330. The van der Waals surface area contributed by atoms with E-state index < -0.39 is 41.5 Å². The predicted molar refractivity (Wildman–Crippen MR) is 116 cm³/mol. The van der Waals surface area contributed by atoms with Crippen LogP contribution in [0.2, 0.25) is 5.02 Å². The van der Waals surface area contributed by atoms with Gasteiger partial charge in [0.05, 0.1) is 20.3 Å². The van der Waals surface area contributed by atoms with Crippen LogP contribution < -0.4 is 15.4 Å². The van der Waals surface area contributed by atoms with Gasteiger partial charge in [-0.05, 0) is 24.3 Å². The third-order valence-corrected chi connectivity index (χ3v) is 5.53. The first-order valence-electron chi connectivity index (χ1n) is 9.92. The van der Waals surface area contributed by atoms with E-state index in [2.05, 4.69) is 15.4 Å². The number of hydrogen-bond acceptors (Lipinski definition) is 5. The monoisotopic (exact) mass is 481 g/mol. The standard InChI is InChI=1S/C22H22ClF2N3O5/c1-32-14-7-16(24)21(17(25)8-14)15-9-19(29)28(11-20(30)33-2)10-18(15)27-22(31)26-13-5-3-12(23)4-6-13/h3-8,15,18H,9-11H2,1-2H3,(H2,26,27,31). The van der Waals surface area contributed by atoms with Crippen molar-refractivity contribution in [3.63, 3.8) is 0 Å². The Morgan fingerprint density at radius 2 is 1.79 bits per heavy atom. The van der Waals surface area contributed by atoms with Crippen molar-refractivity contribution in [2.75, 3.05) is 32.6 Å². The van der Waals surface area contributed by atoms with Crippen LogP contribution in [0.1, 0.15) is 17.9 Å². The summed E-state index contributed by atoms with van der Waals surface area (Å²) in [5.74, 6) is -4.02. The number of halogens is 3. The van der Waals surface area contributed by atoms with Gasteiger partial charge in [-0.2, -0.15) is 0 Å². The number of anilines is 1. The molecule has 1 saturated heterocycles. The Hall–Kier alpha value is -3.40. The summed E-state index contributed by atoms with van der Waals surface area (Å²) in [7, 11) is 2.45. The van der Waals surface area contributed by atoms with Gasteiger partial charge in [0.15, 0.2) is 0 Å². The second kappa shape index (κ2) is 10.5. The van der Waals surface area contributed by atoms with Crippen molar-refractivity contribution in [1.82, 2.24) is 10.2 Å². The third-order valence-electron chi connectivity index (χ3n) is 5.28. The summed E-state index contributed by atoms with van der Waals surface area (Å²) >= 11 is 5.84. The van der Waals surface area contributed by atoms with Crippen LogP contribution in [-0.2, 0) is 14.3 Å². The molecule has 1 aliphatic heterocycles. The average Bonchev–Trinajstić information content (AvgIpc) is 2.77. The predicted octanol–water partition coefficient (Wildman–Crippen LogP) is 3.31. The van der Waals surface area contributed by atoms with Gasteiger partial charge in [-0.3, -0.25) is 9.59 Å². The van der Waals surface area contributed by atoms with Gasteiger partial charge in [0, 0.05) is 47.3 Å². The summed E-state index contributed by atoms with van der Waals surface area (Å²) in [4.78, 5) is 38.1. The molecule has 33 heavy (non-hydrogen) atoms. The molecule has 2 unspecified atom stereocenters. The minimum Gasteiger partial charge on any atom is -0.497 e. The Morgan fingerprint density at radius 3 is 2.36 bits per heavy atom. The minimum absolute atomic E-state index is 0.0202. The van der Waals surface area contributed by atoms with Crippen LogP contribution in [0.15, 0.2) is 36.4 Å². The Labute approximate surface area is 193 Å². The van der Waals surface area contributed by atoms with Gasteiger partial charge in [-0.25, -0.2) is 13.6 Å². The van der Waals surface area contributed by atoms with Crippen molar-refractivity contribution in [2.45, 2.75) is 18.4 Å². The van der Waals surface area contributed by atoms with E-state index >= 15 is 0 Å². The molecule has 176 valence electrons. The van der Waals surface area contributed by atoms with Crippen molar-refractivity contribution < 1.29 is 32.6 Å². The van der Waals surface area contributed by atoms with E-state index in [9.17, 15) is 23.2 Å². The maximum atomic E-state index is 14.8. The summed E-state index contributed by atoms with van der Waals surface area (Å²) in [5.41, 5.74) is 0.0900. The zero-order valence-corrected chi connectivity index (χ0v) is 18.6. The number of nitrogens with one attached hydrogen (secondary N) is 2. The smallest absolute Gasteiger partial charge is 0.325 e. The number of hydrogen-bond donors (Lipinski definition) is 2. The average molecular weight is 482 g/mol. The van der Waals surface area contributed by atoms with E-state index in [0.717, 1.165) is 12.1 Å². The number of rotatable bonds is 6. The number of benzene rings is 2. The molecular weight excluding hydrogens is 460 g/mol. The topological polar surface area (TPSA) is 97.0 Å². The summed E-state index contributed by atoms with van der Waals surface area (Å²) in [6.45, 7) is -0.510. The summed E-state index contributed by atoms with van der Waals surface area (Å²) in [6, 6.07) is 6.78. The quantitative estimate of drug-likeness (QED) is 0.617. The van der Waals surface area contributed by atoms with Crippen LogP contribution in [0.5, 0.6) is 5.75 Å². The number of esters is 1. The molecule has 0 saturated carbocycles. The molecule has 2 aromatic carbocycles. The molecule has 2 aromatic rings. The lowest BCUT2D eigenvalue weighted by atomic mass is 9.84. The molecule has 0 aromatic heterocycles. The van der Waals surface area contributed by atoms with E-state index in [1.807, 2.05) is 0 Å². The molecule has 1 aliphatic rings. The molecule has 0 radical (unpaired) electrons. The lowest BCUT2D eigenvalue weighted by molar-refractivity contribution is -0.148. The number of nitrogens with zero attached hydrogens (tertiary/aromatic N) is 1. The lowest BCUT2D eigenvalue weighted by Gasteiger charge is -2.38. The largest absolute Gasteiger partial charge is 0.497 e. The van der Waals surface area contributed by atoms with Gasteiger partial charge in [-0.15, -0.1) is 0 Å². The molecule has 3 rings (SSSR count). The highest BCUT2D eigenvalue weighted by molar-refractivity contribution is 6.30. The van der Waals surface area contributed by atoms with Crippen molar-refractivity contribution in [1.29, 1.82) is 0 Å². The fourth-order valence-electron chi connectivity index (χ4n) is 3.65. The molecule has 8 nitrogen and oxygen atoms in total. The first-order chi connectivity index (χ1) is 15.7. The number of methoxy groups -OCH3 is 2. The molecule has 3 amide bonds. The van der Waals surface area contributed by atoms with Gasteiger partial charge in [0.2, 0.25) is 5.91 Å². The first kappa shape index (κ1) is 24.2. The van der Waals surface area contributed by atoms with Gasteiger partial charge in [0.1, 0.15) is 23.9 Å². The molecule has 1 fully saturated rings. The molecule has 1 heterocycles. The number of carbonyl (C=O) groups excluding carboxylic acids is 3. The van der Waals surface area contributed by atoms with Gasteiger partial charge in [-0.1, -0.05) is 11.6 Å². The number of piperidine rings is 1. The molecule has 0 spiro atoms. The zero-order valence-electron chi connectivity index (χ0n) is 17.9. The Balaban J connectivity index is 1.88. The van der Waals surface area contributed by atoms with Crippen LogP contribution in [0.4, 0.5) is 19.3 Å². The van der Waals surface area contributed by atoms with Crippen LogP contribution in [0.3, 0.4) is 0 Å². The Morgan fingerprint density at radius 1 is 1.15 bits per heavy atom. The van der Waals surface area contributed by atoms with Crippen molar-refractivity contribution in [2.24, 2.45) is 0 Å². The fraction of sp³-hybridized carbons (Fsp3) is 0.318. The number of ether oxygens (including phenoxy) is 2. The van der Waals surface area contributed by atoms with Gasteiger partial charge < -0.3 is 25.0 Å². The molecule has 0 aliphatic carbocycles. The highest BCUT2D eigenvalue weighted by Crippen LogP contribution is 2.35. The van der Waals surface area contributed by atoms with E-state index in [1.165, 1.54) is 19.1 Å². The number of amides is 3. The Kier molecular flexibility index (Phi) is 7.70.